The molecule has 2 nitrogen and oxygen atoms in total. The van der Waals surface area contributed by atoms with Gasteiger partial charge in [-0.2, -0.15) is 0 Å². The molecule has 0 amide bonds. The van der Waals surface area contributed by atoms with Crippen LogP contribution in [0, 0.1) is 11.6 Å². The van der Waals surface area contributed by atoms with Gasteiger partial charge in [-0.3, -0.25) is 0 Å². The van der Waals surface area contributed by atoms with Crippen molar-refractivity contribution in [3.8, 4) is 5.75 Å². The smallest absolute Gasteiger partial charge is 0.190 e. The van der Waals surface area contributed by atoms with E-state index in [1.54, 1.807) is 0 Å². The third kappa shape index (κ3) is 3.78. The third-order valence-corrected chi connectivity index (χ3v) is 2.97. The van der Waals surface area contributed by atoms with Crippen LogP contribution in [0.2, 0.25) is 0 Å². The average molecular weight is 277 g/mol. The summed E-state index contributed by atoms with van der Waals surface area (Å²) in [5.74, 6) is -1.68. The van der Waals surface area contributed by atoms with Crippen molar-refractivity contribution >= 4 is 0 Å². The predicted octanol–water partition coefficient (Wildman–Crippen LogP) is 3.09. The van der Waals surface area contributed by atoms with Gasteiger partial charge < -0.3 is 10.5 Å². The van der Waals surface area contributed by atoms with Gasteiger partial charge >= 0.3 is 0 Å². The molecule has 0 spiro atoms. The zero-order chi connectivity index (χ0) is 14.4. The Morgan fingerprint density at radius 2 is 1.55 bits per heavy atom. The Morgan fingerprint density at radius 1 is 0.900 bits per heavy atom. The summed E-state index contributed by atoms with van der Waals surface area (Å²) >= 11 is 0. The summed E-state index contributed by atoms with van der Waals surface area (Å²) < 4.78 is 32.7. The summed E-state index contributed by atoms with van der Waals surface area (Å²) in [6.07, 6.45) is 1.04. The predicted molar refractivity (Wildman–Crippen MR) is 74.8 cm³/mol. The van der Waals surface area contributed by atoms with Crippen molar-refractivity contribution in [1.29, 1.82) is 0 Å². The monoisotopic (exact) mass is 277 g/mol. The summed E-state index contributed by atoms with van der Waals surface area (Å²) in [6, 6.07) is 12.2. The number of hydrogen-bond acceptors (Lipinski definition) is 2. The second-order valence-corrected chi connectivity index (χ2v) is 4.51. The molecule has 0 radical (unpaired) electrons. The molecule has 4 heteroatoms. The van der Waals surface area contributed by atoms with Gasteiger partial charge in [-0.15, -0.1) is 0 Å². The van der Waals surface area contributed by atoms with Gasteiger partial charge in [-0.1, -0.05) is 30.3 Å². The molecular weight excluding hydrogens is 260 g/mol. The van der Waals surface area contributed by atoms with Gasteiger partial charge in [-0.25, -0.2) is 8.78 Å². The summed E-state index contributed by atoms with van der Waals surface area (Å²) in [5.41, 5.74) is 6.97. The van der Waals surface area contributed by atoms with E-state index in [0.717, 1.165) is 5.56 Å². The van der Waals surface area contributed by atoms with Gasteiger partial charge in [0.2, 0.25) is 0 Å². The summed E-state index contributed by atoms with van der Waals surface area (Å²) in [5, 5.41) is 0. The number of halogens is 2. The van der Waals surface area contributed by atoms with Crippen LogP contribution >= 0.6 is 0 Å². The Morgan fingerprint density at radius 3 is 2.15 bits per heavy atom. The van der Waals surface area contributed by atoms with Gasteiger partial charge in [0.1, 0.15) is 0 Å². The van der Waals surface area contributed by atoms with Crippen LogP contribution in [0.5, 0.6) is 5.75 Å². The van der Waals surface area contributed by atoms with Crippen LogP contribution in [0.1, 0.15) is 11.1 Å². The molecule has 0 saturated heterocycles. The number of ether oxygens (including phenoxy) is 1. The fourth-order valence-electron chi connectivity index (χ4n) is 1.98. The topological polar surface area (TPSA) is 35.2 Å². The highest BCUT2D eigenvalue weighted by Gasteiger charge is 2.12. The highest BCUT2D eigenvalue weighted by molar-refractivity contribution is 5.31. The number of rotatable bonds is 6. The number of nitrogens with two attached hydrogens (primary N) is 1. The summed E-state index contributed by atoms with van der Waals surface area (Å²) in [4.78, 5) is 0. The van der Waals surface area contributed by atoms with Crippen molar-refractivity contribution in [2.24, 2.45) is 5.73 Å². The van der Waals surface area contributed by atoms with Crippen molar-refractivity contribution < 1.29 is 13.5 Å². The molecule has 0 aliphatic carbocycles. The third-order valence-electron chi connectivity index (χ3n) is 2.97. The molecule has 0 aliphatic rings. The minimum absolute atomic E-state index is 0.230. The van der Waals surface area contributed by atoms with E-state index in [1.807, 2.05) is 30.3 Å². The zero-order valence-electron chi connectivity index (χ0n) is 11.1. The van der Waals surface area contributed by atoms with E-state index in [0.29, 0.717) is 24.9 Å². The lowest BCUT2D eigenvalue weighted by molar-refractivity contribution is 0.288. The fourth-order valence-corrected chi connectivity index (χ4v) is 1.98. The molecule has 0 heterocycles. The van der Waals surface area contributed by atoms with E-state index in [2.05, 4.69) is 0 Å². The van der Waals surface area contributed by atoms with Gasteiger partial charge in [0.25, 0.3) is 0 Å². The van der Waals surface area contributed by atoms with Crippen LogP contribution in [0.3, 0.4) is 0 Å². The van der Waals surface area contributed by atoms with Crippen molar-refractivity contribution in [2.75, 3.05) is 13.2 Å². The molecule has 20 heavy (non-hydrogen) atoms. The minimum atomic E-state index is -0.679. The highest BCUT2D eigenvalue weighted by atomic mass is 19.1. The largest absolute Gasteiger partial charge is 0.487 e. The number of hydrogen-bond donors (Lipinski definition) is 1. The van der Waals surface area contributed by atoms with Crippen molar-refractivity contribution in [3.63, 3.8) is 0 Å². The molecular formula is C16H17F2NO. The van der Waals surface area contributed by atoms with E-state index in [9.17, 15) is 8.78 Å². The van der Waals surface area contributed by atoms with E-state index in [-0.39, 0.29) is 12.4 Å². The Labute approximate surface area is 117 Å². The number of benzene rings is 2. The lowest BCUT2D eigenvalue weighted by Crippen LogP contribution is -2.07. The quantitative estimate of drug-likeness (QED) is 0.880. The first-order valence-electron chi connectivity index (χ1n) is 6.55. The summed E-state index contributed by atoms with van der Waals surface area (Å²) in [7, 11) is 0. The molecule has 2 rings (SSSR count). The maximum absolute atomic E-state index is 13.8. The van der Waals surface area contributed by atoms with Crippen LogP contribution in [0.15, 0.2) is 42.5 Å². The molecule has 0 bridgehead atoms. The Hall–Kier alpha value is -1.94. The van der Waals surface area contributed by atoms with Crippen LogP contribution in [0.25, 0.3) is 0 Å². The Balaban J connectivity index is 1.99. The van der Waals surface area contributed by atoms with Crippen LogP contribution in [0.4, 0.5) is 8.78 Å². The molecule has 2 N–H and O–H groups in total. The van der Waals surface area contributed by atoms with Crippen LogP contribution in [-0.4, -0.2) is 13.2 Å². The highest BCUT2D eigenvalue weighted by Crippen LogP contribution is 2.23. The maximum Gasteiger partial charge on any atom is 0.190 e. The van der Waals surface area contributed by atoms with Crippen molar-refractivity contribution in [2.45, 2.75) is 12.8 Å². The SMILES string of the molecule is NCCc1cc(F)c(OCCc2ccccc2)c(F)c1. The minimum Gasteiger partial charge on any atom is -0.487 e. The van der Waals surface area contributed by atoms with Crippen LogP contribution < -0.4 is 10.5 Å². The lowest BCUT2D eigenvalue weighted by Gasteiger charge is -2.10. The van der Waals surface area contributed by atoms with E-state index < -0.39 is 11.6 Å². The molecule has 0 aromatic heterocycles. The molecule has 106 valence electrons. The van der Waals surface area contributed by atoms with Crippen LogP contribution in [-0.2, 0) is 12.8 Å². The molecule has 0 atom stereocenters. The maximum atomic E-state index is 13.8. The first kappa shape index (κ1) is 14.5. The van der Waals surface area contributed by atoms with E-state index >= 15 is 0 Å². The fraction of sp³-hybridized carbons (Fsp3) is 0.250. The average Bonchev–Trinajstić information content (AvgIpc) is 2.43. The second-order valence-electron chi connectivity index (χ2n) is 4.51. The first-order chi connectivity index (χ1) is 9.70. The summed E-state index contributed by atoms with van der Waals surface area (Å²) in [6.45, 7) is 0.585. The standard InChI is InChI=1S/C16H17F2NO/c17-14-10-13(6-8-19)11-15(18)16(14)20-9-7-12-4-2-1-3-5-12/h1-5,10-11H,6-9,19H2. The van der Waals surface area contributed by atoms with Crippen molar-refractivity contribution in [1.82, 2.24) is 0 Å². The van der Waals surface area contributed by atoms with Gasteiger partial charge in [0.05, 0.1) is 6.61 Å². The lowest BCUT2D eigenvalue weighted by atomic mass is 10.1. The molecule has 0 unspecified atom stereocenters. The van der Waals surface area contributed by atoms with E-state index in [4.69, 9.17) is 10.5 Å². The Kier molecular flexibility index (Phi) is 5.07. The molecule has 0 aliphatic heterocycles. The Bertz CT molecular complexity index is 535. The van der Waals surface area contributed by atoms with Gasteiger partial charge in [-0.05, 0) is 36.2 Å². The normalized spacial score (nSPS) is 10.6. The molecule has 2 aromatic carbocycles. The molecule has 2 aromatic rings. The molecule has 0 saturated carbocycles. The van der Waals surface area contributed by atoms with Crippen molar-refractivity contribution in [3.05, 3.63) is 65.2 Å². The van der Waals surface area contributed by atoms with Gasteiger partial charge in [0.15, 0.2) is 17.4 Å². The zero-order valence-corrected chi connectivity index (χ0v) is 11.1. The van der Waals surface area contributed by atoms with Gasteiger partial charge in [0, 0.05) is 6.42 Å². The van der Waals surface area contributed by atoms with E-state index in [1.165, 1.54) is 12.1 Å². The molecule has 0 fully saturated rings. The first-order valence-corrected chi connectivity index (χ1v) is 6.55. The second kappa shape index (κ2) is 7.01.